The lowest BCUT2D eigenvalue weighted by molar-refractivity contribution is -0.124. The van der Waals surface area contributed by atoms with Gasteiger partial charge in [0.15, 0.2) is 0 Å². The van der Waals surface area contributed by atoms with Crippen molar-refractivity contribution in [3.8, 4) is 0 Å². The van der Waals surface area contributed by atoms with Crippen LogP contribution in [0.3, 0.4) is 0 Å². The van der Waals surface area contributed by atoms with E-state index in [0.29, 0.717) is 25.9 Å². The van der Waals surface area contributed by atoms with E-state index in [9.17, 15) is 13.2 Å². The summed E-state index contributed by atoms with van der Waals surface area (Å²) in [7, 11) is -3.15. The van der Waals surface area contributed by atoms with Crippen LogP contribution in [0.2, 0.25) is 0 Å². The molecule has 106 valence electrons. The molecule has 1 aliphatic heterocycles. The quantitative estimate of drug-likeness (QED) is 0.831. The molecular formula is C12H24N2O3S. The van der Waals surface area contributed by atoms with Crippen molar-refractivity contribution >= 4 is 15.9 Å². The van der Waals surface area contributed by atoms with Gasteiger partial charge >= 0.3 is 0 Å². The zero-order valence-corrected chi connectivity index (χ0v) is 12.5. The summed E-state index contributed by atoms with van der Waals surface area (Å²) in [6, 6.07) is 0.110. The smallest absolute Gasteiger partial charge is 0.222 e. The van der Waals surface area contributed by atoms with Crippen LogP contribution in [-0.2, 0) is 14.8 Å². The topological polar surface area (TPSA) is 66.5 Å². The molecule has 0 unspecified atom stereocenters. The Hall–Kier alpha value is -0.620. The number of carbonyl (C=O) groups is 1. The Bertz CT molecular complexity index is 382. The lowest BCUT2D eigenvalue weighted by Crippen LogP contribution is -2.48. The van der Waals surface area contributed by atoms with Gasteiger partial charge in [0.05, 0.1) is 5.25 Å². The number of piperidine rings is 1. The lowest BCUT2D eigenvalue weighted by Gasteiger charge is -2.33. The fourth-order valence-electron chi connectivity index (χ4n) is 1.92. The van der Waals surface area contributed by atoms with E-state index >= 15 is 0 Å². The molecule has 0 aromatic rings. The second-order valence-corrected chi connectivity index (χ2v) is 7.92. The third-order valence-electron chi connectivity index (χ3n) is 3.28. The van der Waals surface area contributed by atoms with Crippen LogP contribution >= 0.6 is 0 Å². The highest BCUT2D eigenvalue weighted by molar-refractivity contribution is 7.89. The Kier molecular flexibility index (Phi) is 5.16. The molecule has 1 saturated heterocycles. The molecule has 0 radical (unpaired) electrons. The molecule has 0 aromatic carbocycles. The van der Waals surface area contributed by atoms with E-state index in [1.165, 1.54) is 4.31 Å². The third kappa shape index (κ3) is 3.68. The summed E-state index contributed by atoms with van der Waals surface area (Å²) in [6.07, 6.45) is 1.40. The fourth-order valence-corrected chi connectivity index (χ4v) is 3.24. The SMILES string of the molecule is CC(C)C(=O)NC1CCN(S(=O)(=O)C(C)C)CC1. The van der Waals surface area contributed by atoms with Crippen LogP contribution in [0, 0.1) is 5.92 Å². The summed E-state index contributed by atoms with van der Waals surface area (Å²) in [5.41, 5.74) is 0. The predicted molar refractivity (Wildman–Crippen MR) is 71.6 cm³/mol. The molecular weight excluding hydrogens is 252 g/mol. The van der Waals surface area contributed by atoms with Crippen molar-refractivity contribution in [2.24, 2.45) is 5.92 Å². The first kappa shape index (κ1) is 15.4. The molecule has 0 aromatic heterocycles. The first-order valence-electron chi connectivity index (χ1n) is 6.54. The van der Waals surface area contributed by atoms with Gasteiger partial charge in [0.2, 0.25) is 15.9 Å². The van der Waals surface area contributed by atoms with Crippen LogP contribution < -0.4 is 5.32 Å². The molecule has 1 aliphatic rings. The van der Waals surface area contributed by atoms with Gasteiger partial charge in [-0.25, -0.2) is 12.7 Å². The highest BCUT2D eigenvalue weighted by atomic mass is 32.2. The molecule has 1 rings (SSSR count). The van der Waals surface area contributed by atoms with Crippen molar-refractivity contribution in [1.82, 2.24) is 9.62 Å². The Morgan fingerprint density at radius 3 is 2.06 bits per heavy atom. The number of hydrogen-bond acceptors (Lipinski definition) is 3. The number of sulfonamides is 1. The van der Waals surface area contributed by atoms with Gasteiger partial charge < -0.3 is 5.32 Å². The van der Waals surface area contributed by atoms with Gasteiger partial charge in [0, 0.05) is 25.0 Å². The maximum absolute atomic E-state index is 12.0. The van der Waals surface area contributed by atoms with Gasteiger partial charge in [-0.2, -0.15) is 0 Å². The van der Waals surface area contributed by atoms with Crippen LogP contribution in [0.25, 0.3) is 0 Å². The fraction of sp³-hybridized carbons (Fsp3) is 0.917. The van der Waals surface area contributed by atoms with Gasteiger partial charge in [-0.3, -0.25) is 4.79 Å². The minimum Gasteiger partial charge on any atom is -0.353 e. The number of nitrogens with zero attached hydrogens (tertiary/aromatic N) is 1. The molecule has 0 atom stereocenters. The molecule has 0 saturated carbocycles. The van der Waals surface area contributed by atoms with E-state index in [1.807, 2.05) is 13.8 Å². The summed E-state index contributed by atoms with van der Waals surface area (Å²) in [6.45, 7) is 8.11. The van der Waals surface area contributed by atoms with Crippen LogP contribution in [0.4, 0.5) is 0 Å². The van der Waals surface area contributed by atoms with Gasteiger partial charge in [-0.1, -0.05) is 13.8 Å². The number of nitrogens with one attached hydrogen (secondary N) is 1. The van der Waals surface area contributed by atoms with Crippen molar-refractivity contribution in [3.05, 3.63) is 0 Å². The molecule has 18 heavy (non-hydrogen) atoms. The molecule has 1 N–H and O–H groups in total. The first-order chi connectivity index (χ1) is 8.25. The largest absolute Gasteiger partial charge is 0.353 e. The zero-order chi connectivity index (χ0) is 13.9. The zero-order valence-electron chi connectivity index (χ0n) is 11.6. The van der Waals surface area contributed by atoms with E-state index < -0.39 is 10.0 Å². The Labute approximate surface area is 110 Å². The Balaban J connectivity index is 2.49. The van der Waals surface area contributed by atoms with Crippen molar-refractivity contribution < 1.29 is 13.2 Å². The molecule has 1 amide bonds. The summed E-state index contributed by atoms with van der Waals surface area (Å²) in [5, 5.41) is 2.58. The van der Waals surface area contributed by atoms with Crippen LogP contribution in [0.1, 0.15) is 40.5 Å². The molecule has 1 fully saturated rings. The van der Waals surface area contributed by atoms with E-state index in [2.05, 4.69) is 5.32 Å². The van der Waals surface area contributed by atoms with Gasteiger partial charge in [0.25, 0.3) is 0 Å². The van der Waals surface area contributed by atoms with E-state index in [0.717, 1.165) is 0 Å². The Morgan fingerprint density at radius 1 is 1.17 bits per heavy atom. The standard InChI is InChI=1S/C12H24N2O3S/c1-9(2)12(15)13-11-5-7-14(8-6-11)18(16,17)10(3)4/h9-11H,5-8H2,1-4H3,(H,13,15). The highest BCUT2D eigenvalue weighted by Crippen LogP contribution is 2.17. The Morgan fingerprint density at radius 2 is 1.67 bits per heavy atom. The van der Waals surface area contributed by atoms with Crippen LogP contribution in [0.5, 0.6) is 0 Å². The normalized spacial score (nSPS) is 19.4. The highest BCUT2D eigenvalue weighted by Gasteiger charge is 2.30. The molecule has 0 bridgehead atoms. The first-order valence-corrected chi connectivity index (χ1v) is 8.04. The molecule has 6 heteroatoms. The molecule has 0 aliphatic carbocycles. The number of amides is 1. The summed E-state index contributed by atoms with van der Waals surface area (Å²) < 4.78 is 25.5. The lowest BCUT2D eigenvalue weighted by atomic mass is 10.1. The molecule has 0 spiro atoms. The maximum Gasteiger partial charge on any atom is 0.222 e. The number of hydrogen-bond donors (Lipinski definition) is 1. The van der Waals surface area contributed by atoms with Crippen molar-refractivity contribution in [2.75, 3.05) is 13.1 Å². The minimum atomic E-state index is -3.15. The number of carbonyl (C=O) groups excluding carboxylic acids is 1. The summed E-state index contributed by atoms with van der Waals surface area (Å²) in [4.78, 5) is 11.6. The average Bonchev–Trinajstić information content (AvgIpc) is 2.29. The van der Waals surface area contributed by atoms with Gasteiger partial charge in [-0.15, -0.1) is 0 Å². The minimum absolute atomic E-state index is 0.0255. The summed E-state index contributed by atoms with van der Waals surface area (Å²) >= 11 is 0. The summed E-state index contributed by atoms with van der Waals surface area (Å²) in [5.74, 6) is 0.0163. The monoisotopic (exact) mass is 276 g/mol. The third-order valence-corrected chi connectivity index (χ3v) is 5.56. The second-order valence-electron chi connectivity index (χ2n) is 5.43. The van der Waals surface area contributed by atoms with Gasteiger partial charge in [-0.05, 0) is 26.7 Å². The van der Waals surface area contributed by atoms with Crippen molar-refractivity contribution in [2.45, 2.75) is 51.8 Å². The van der Waals surface area contributed by atoms with Gasteiger partial charge in [0.1, 0.15) is 0 Å². The van der Waals surface area contributed by atoms with E-state index in [1.54, 1.807) is 13.8 Å². The second kappa shape index (κ2) is 6.02. The van der Waals surface area contributed by atoms with Crippen molar-refractivity contribution in [1.29, 1.82) is 0 Å². The van der Waals surface area contributed by atoms with E-state index in [4.69, 9.17) is 0 Å². The van der Waals surface area contributed by atoms with Crippen molar-refractivity contribution in [3.63, 3.8) is 0 Å². The van der Waals surface area contributed by atoms with Crippen LogP contribution in [-0.4, -0.2) is 43.0 Å². The maximum atomic E-state index is 12.0. The van der Waals surface area contributed by atoms with Crippen LogP contribution in [0.15, 0.2) is 0 Å². The average molecular weight is 276 g/mol. The predicted octanol–water partition coefficient (Wildman–Crippen LogP) is 0.961. The molecule has 5 nitrogen and oxygen atoms in total. The molecule has 1 heterocycles. The van der Waals surface area contributed by atoms with E-state index in [-0.39, 0.29) is 23.1 Å². The number of rotatable bonds is 4.